The number of nitrogens with one attached hydrogen (secondary N) is 2. The Bertz CT molecular complexity index is 715. The topological polar surface area (TPSA) is 91.7 Å². The van der Waals surface area contributed by atoms with Crippen LogP contribution in [0.1, 0.15) is 17.0 Å². The number of hydrogen-bond acceptors (Lipinski definition) is 5. The van der Waals surface area contributed by atoms with E-state index in [0.717, 1.165) is 29.2 Å². The largest absolute Gasteiger partial charge is 0.390 e. The van der Waals surface area contributed by atoms with E-state index in [2.05, 4.69) is 25.8 Å². The van der Waals surface area contributed by atoms with E-state index < -0.39 is 0 Å². The van der Waals surface area contributed by atoms with Crippen molar-refractivity contribution >= 4 is 5.69 Å². The maximum Gasteiger partial charge on any atom is 0.109 e. The highest BCUT2D eigenvalue weighted by Crippen LogP contribution is 2.14. The summed E-state index contributed by atoms with van der Waals surface area (Å²) in [4.78, 5) is 0. The molecule has 2 heterocycles. The van der Waals surface area contributed by atoms with E-state index in [0.29, 0.717) is 5.69 Å². The molecule has 3 N–H and O–H groups in total. The minimum atomic E-state index is -0.107. The van der Waals surface area contributed by atoms with Crippen LogP contribution in [0.3, 0.4) is 0 Å². The highest BCUT2D eigenvalue weighted by molar-refractivity contribution is 5.48. The van der Waals surface area contributed by atoms with Gasteiger partial charge in [-0.25, -0.2) is 4.68 Å². The van der Waals surface area contributed by atoms with E-state index >= 15 is 0 Å². The summed E-state index contributed by atoms with van der Waals surface area (Å²) in [5.74, 6) is 0. The lowest BCUT2D eigenvalue weighted by atomic mass is 10.2. The summed E-state index contributed by atoms with van der Waals surface area (Å²) in [6, 6.07) is 7.84. The molecule has 3 rings (SSSR count). The van der Waals surface area contributed by atoms with Gasteiger partial charge in [-0.3, -0.25) is 5.10 Å². The molecular formula is C14H16N6O. The zero-order valence-corrected chi connectivity index (χ0v) is 11.6. The van der Waals surface area contributed by atoms with Crippen molar-refractivity contribution in [3.63, 3.8) is 0 Å². The molecule has 0 aliphatic carbocycles. The summed E-state index contributed by atoms with van der Waals surface area (Å²) in [6.07, 6.45) is 3.53. The highest BCUT2D eigenvalue weighted by atomic mass is 16.3. The molecular weight excluding hydrogens is 268 g/mol. The third-order valence-electron chi connectivity index (χ3n) is 3.25. The third-order valence-corrected chi connectivity index (χ3v) is 3.25. The second-order valence-electron chi connectivity index (χ2n) is 4.73. The highest BCUT2D eigenvalue weighted by Gasteiger charge is 2.03. The number of hydrogen-bond donors (Lipinski definition) is 3. The van der Waals surface area contributed by atoms with Gasteiger partial charge in [0.15, 0.2) is 0 Å². The van der Waals surface area contributed by atoms with Gasteiger partial charge in [0, 0.05) is 23.5 Å². The first-order chi connectivity index (χ1) is 10.3. The molecule has 2 aromatic heterocycles. The average Bonchev–Trinajstić information content (AvgIpc) is 3.14. The summed E-state index contributed by atoms with van der Waals surface area (Å²) < 4.78 is 1.63. The van der Waals surface area contributed by atoms with Gasteiger partial charge in [0.2, 0.25) is 0 Å². The normalized spacial score (nSPS) is 10.8. The summed E-state index contributed by atoms with van der Waals surface area (Å²) in [5, 5.41) is 27.0. The molecule has 0 radical (unpaired) electrons. The van der Waals surface area contributed by atoms with Crippen LogP contribution in [-0.2, 0) is 13.2 Å². The predicted molar refractivity (Wildman–Crippen MR) is 77.9 cm³/mol. The standard InChI is InChI=1S/C14H16N6O/c1-10-11(7-16-17-10)6-15-12-2-4-14(5-3-12)20-8-13(9-21)18-19-20/h2-5,7-8,15,21H,6,9H2,1H3,(H,16,17). The summed E-state index contributed by atoms with van der Waals surface area (Å²) in [5.41, 5.74) is 4.67. The van der Waals surface area contributed by atoms with Gasteiger partial charge in [-0.05, 0) is 31.2 Å². The average molecular weight is 284 g/mol. The van der Waals surface area contributed by atoms with Crippen molar-refractivity contribution < 1.29 is 5.11 Å². The fourth-order valence-corrected chi connectivity index (χ4v) is 1.98. The first-order valence-corrected chi connectivity index (χ1v) is 6.61. The smallest absolute Gasteiger partial charge is 0.109 e. The molecule has 7 nitrogen and oxygen atoms in total. The number of rotatable bonds is 5. The zero-order chi connectivity index (χ0) is 14.7. The fourth-order valence-electron chi connectivity index (χ4n) is 1.98. The molecule has 0 saturated heterocycles. The molecule has 21 heavy (non-hydrogen) atoms. The molecule has 108 valence electrons. The number of aliphatic hydroxyl groups excluding tert-OH is 1. The van der Waals surface area contributed by atoms with Crippen LogP contribution in [0.25, 0.3) is 5.69 Å². The maximum atomic E-state index is 8.99. The molecule has 0 bridgehead atoms. The van der Waals surface area contributed by atoms with Crippen molar-refractivity contribution in [3.8, 4) is 5.69 Å². The van der Waals surface area contributed by atoms with Gasteiger partial charge in [-0.1, -0.05) is 5.21 Å². The monoisotopic (exact) mass is 284 g/mol. The lowest BCUT2D eigenvalue weighted by Crippen LogP contribution is -2.00. The molecule has 7 heteroatoms. The number of benzene rings is 1. The van der Waals surface area contributed by atoms with Crippen LogP contribution in [0.5, 0.6) is 0 Å². The van der Waals surface area contributed by atoms with Gasteiger partial charge in [-0.2, -0.15) is 5.10 Å². The summed E-state index contributed by atoms with van der Waals surface area (Å²) >= 11 is 0. The van der Waals surface area contributed by atoms with E-state index in [1.54, 1.807) is 10.9 Å². The minimum Gasteiger partial charge on any atom is -0.390 e. The Morgan fingerprint density at radius 2 is 2.10 bits per heavy atom. The molecule has 0 fully saturated rings. The number of aryl methyl sites for hydroxylation is 1. The Labute approximate surface area is 121 Å². The molecule has 0 aliphatic heterocycles. The lowest BCUT2D eigenvalue weighted by Gasteiger charge is -2.07. The second-order valence-corrected chi connectivity index (χ2v) is 4.73. The van der Waals surface area contributed by atoms with Gasteiger partial charge in [0.25, 0.3) is 0 Å². The third kappa shape index (κ3) is 2.92. The van der Waals surface area contributed by atoms with Crippen molar-refractivity contribution in [1.29, 1.82) is 0 Å². The SMILES string of the molecule is Cc1[nH]ncc1CNc1ccc(-n2cc(CO)nn2)cc1. The van der Waals surface area contributed by atoms with Gasteiger partial charge in [-0.15, -0.1) is 5.10 Å². The molecule has 0 unspecified atom stereocenters. The Balaban J connectivity index is 1.68. The Morgan fingerprint density at radius 3 is 2.71 bits per heavy atom. The zero-order valence-electron chi connectivity index (χ0n) is 11.6. The van der Waals surface area contributed by atoms with Crippen LogP contribution in [-0.4, -0.2) is 30.3 Å². The van der Waals surface area contributed by atoms with E-state index in [1.807, 2.05) is 37.4 Å². The Hall–Kier alpha value is -2.67. The minimum absolute atomic E-state index is 0.107. The first-order valence-electron chi connectivity index (χ1n) is 6.61. The van der Waals surface area contributed by atoms with Crippen LogP contribution in [0.2, 0.25) is 0 Å². The molecule has 0 amide bonds. The number of aromatic nitrogens is 5. The van der Waals surface area contributed by atoms with Crippen molar-refractivity contribution in [1.82, 2.24) is 25.2 Å². The van der Waals surface area contributed by atoms with E-state index in [4.69, 9.17) is 5.11 Å². The molecule has 0 aliphatic rings. The molecule has 0 atom stereocenters. The van der Waals surface area contributed by atoms with Crippen LogP contribution < -0.4 is 5.32 Å². The van der Waals surface area contributed by atoms with Crippen molar-refractivity contribution in [2.75, 3.05) is 5.32 Å². The molecule has 3 aromatic rings. The van der Waals surface area contributed by atoms with Gasteiger partial charge >= 0.3 is 0 Å². The number of anilines is 1. The number of aliphatic hydroxyl groups is 1. The molecule has 0 saturated carbocycles. The number of aromatic amines is 1. The van der Waals surface area contributed by atoms with Gasteiger partial charge in [0.1, 0.15) is 5.69 Å². The predicted octanol–water partition coefficient (Wildman–Crippen LogP) is 1.40. The quantitative estimate of drug-likeness (QED) is 0.659. The van der Waals surface area contributed by atoms with E-state index in [1.165, 1.54) is 0 Å². The van der Waals surface area contributed by atoms with E-state index in [-0.39, 0.29) is 6.61 Å². The fraction of sp³-hybridized carbons (Fsp3) is 0.214. The Morgan fingerprint density at radius 1 is 1.29 bits per heavy atom. The van der Waals surface area contributed by atoms with Crippen LogP contribution in [0, 0.1) is 6.92 Å². The first kappa shape index (κ1) is 13.3. The number of H-pyrrole nitrogens is 1. The molecule has 1 aromatic carbocycles. The Kier molecular flexibility index (Phi) is 3.65. The van der Waals surface area contributed by atoms with Gasteiger partial charge < -0.3 is 10.4 Å². The van der Waals surface area contributed by atoms with Crippen LogP contribution in [0.4, 0.5) is 5.69 Å². The summed E-state index contributed by atoms with van der Waals surface area (Å²) in [6.45, 7) is 2.61. The van der Waals surface area contributed by atoms with Crippen molar-refractivity contribution in [2.45, 2.75) is 20.1 Å². The maximum absolute atomic E-state index is 8.99. The summed E-state index contributed by atoms with van der Waals surface area (Å²) in [7, 11) is 0. The van der Waals surface area contributed by atoms with Crippen molar-refractivity contribution in [2.24, 2.45) is 0 Å². The van der Waals surface area contributed by atoms with Crippen LogP contribution >= 0.6 is 0 Å². The van der Waals surface area contributed by atoms with Crippen molar-refractivity contribution in [3.05, 3.63) is 53.6 Å². The number of nitrogens with zero attached hydrogens (tertiary/aromatic N) is 4. The molecule has 0 spiro atoms. The van der Waals surface area contributed by atoms with Crippen LogP contribution in [0.15, 0.2) is 36.7 Å². The van der Waals surface area contributed by atoms with E-state index in [9.17, 15) is 0 Å². The van der Waals surface area contributed by atoms with Gasteiger partial charge in [0.05, 0.1) is 24.7 Å². The lowest BCUT2D eigenvalue weighted by molar-refractivity contribution is 0.276. The second kappa shape index (κ2) is 5.76.